The topological polar surface area (TPSA) is 57.5 Å². The van der Waals surface area contributed by atoms with Crippen molar-refractivity contribution in [2.24, 2.45) is 0 Å². The van der Waals surface area contributed by atoms with Crippen molar-refractivity contribution in [1.82, 2.24) is 0 Å². The van der Waals surface area contributed by atoms with Crippen LogP contribution in [-0.4, -0.2) is 21.2 Å². The first-order chi connectivity index (χ1) is 8.61. The number of rotatable bonds is 4. The maximum absolute atomic E-state index is 11.3. The van der Waals surface area contributed by atoms with E-state index >= 15 is 0 Å². The van der Waals surface area contributed by atoms with Crippen molar-refractivity contribution in [3.63, 3.8) is 0 Å². The highest BCUT2D eigenvalue weighted by atomic mass is 32.1. The first-order valence-electron chi connectivity index (χ1n) is 6.15. The molecule has 1 aliphatic carbocycles. The van der Waals surface area contributed by atoms with Gasteiger partial charge in [-0.1, -0.05) is 37.1 Å². The molecule has 1 saturated carbocycles. The molecule has 0 radical (unpaired) electrons. The lowest BCUT2D eigenvalue weighted by Gasteiger charge is -2.19. The number of thiocarbonyl (C=S) groups is 1. The second-order valence-corrected chi connectivity index (χ2v) is 5.14. The fourth-order valence-electron chi connectivity index (χ4n) is 2.75. The van der Waals surface area contributed by atoms with E-state index < -0.39 is 16.9 Å². The zero-order valence-electron chi connectivity index (χ0n) is 10.0. The maximum atomic E-state index is 11.3. The smallest absolute Gasteiger partial charge is 0.319 e. The summed E-state index contributed by atoms with van der Waals surface area (Å²) in [7, 11) is 0. The summed E-state index contributed by atoms with van der Waals surface area (Å²) in [6.45, 7) is 0. The SMILES string of the molecule is O=C(O)C(C(O)=S)c1ccccc1C1CCCC1. The van der Waals surface area contributed by atoms with Crippen LogP contribution in [0.25, 0.3) is 0 Å². The van der Waals surface area contributed by atoms with Crippen LogP contribution in [0.5, 0.6) is 0 Å². The van der Waals surface area contributed by atoms with Crippen LogP contribution < -0.4 is 0 Å². The van der Waals surface area contributed by atoms with Crippen molar-refractivity contribution in [2.45, 2.75) is 37.5 Å². The Kier molecular flexibility index (Phi) is 3.97. The summed E-state index contributed by atoms with van der Waals surface area (Å²) in [5, 5.41) is 18.2. The number of aliphatic carboxylic acids is 1. The molecule has 1 aromatic rings. The molecule has 0 bridgehead atoms. The Balaban J connectivity index is 2.42. The Labute approximate surface area is 111 Å². The number of hydrogen-bond acceptors (Lipinski definition) is 2. The molecule has 0 spiro atoms. The van der Waals surface area contributed by atoms with Gasteiger partial charge in [-0.2, -0.15) is 0 Å². The molecule has 1 aromatic carbocycles. The molecule has 0 aliphatic heterocycles. The van der Waals surface area contributed by atoms with Crippen LogP contribution in [0.2, 0.25) is 0 Å². The van der Waals surface area contributed by atoms with E-state index in [9.17, 15) is 15.0 Å². The number of carboxylic acids is 1. The lowest BCUT2D eigenvalue weighted by atomic mass is 9.87. The number of carbonyl (C=O) groups is 1. The van der Waals surface area contributed by atoms with Crippen LogP contribution in [0.15, 0.2) is 24.3 Å². The number of aliphatic hydroxyl groups is 1. The summed E-state index contributed by atoms with van der Waals surface area (Å²) < 4.78 is 0. The lowest BCUT2D eigenvalue weighted by Crippen LogP contribution is -2.21. The van der Waals surface area contributed by atoms with Gasteiger partial charge in [0.1, 0.15) is 5.92 Å². The summed E-state index contributed by atoms with van der Waals surface area (Å²) in [5.41, 5.74) is 1.67. The summed E-state index contributed by atoms with van der Waals surface area (Å²) in [4.78, 5) is 11.3. The van der Waals surface area contributed by atoms with Gasteiger partial charge in [0.25, 0.3) is 0 Å². The summed E-state index contributed by atoms with van der Waals surface area (Å²) in [6.07, 6.45) is 4.53. The molecule has 1 unspecified atom stereocenters. The van der Waals surface area contributed by atoms with Gasteiger partial charge in [-0.15, -0.1) is 0 Å². The molecule has 1 fully saturated rings. The van der Waals surface area contributed by atoms with Crippen molar-refractivity contribution >= 4 is 23.2 Å². The Hall–Kier alpha value is -1.42. The zero-order valence-corrected chi connectivity index (χ0v) is 10.8. The molecule has 0 amide bonds. The van der Waals surface area contributed by atoms with E-state index in [0.717, 1.165) is 18.4 Å². The number of aliphatic hydroxyl groups excluding tert-OH is 1. The van der Waals surface area contributed by atoms with Crippen LogP contribution in [0, 0.1) is 0 Å². The zero-order chi connectivity index (χ0) is 13.1. The third kappa shape index (κ3) is 2.53. The molecule has 1 aliphatic rings. The Morgan fingerprint density at radius 3 is 2.39 bits per heavy atom. The van der Waals surface area contributed by atoms with E-state index in [4.69, 9.17) is 0 Å². The minimum Gasteiger partial charge on any atom is -0.501 e. The van der Waals surface area contributed by atoms with Crippen LogP contribution in [0.1, 0.15) is 48.6 Å². The van der Waals surface area contributed by atoms with Crippen molar-refractivity contribution in [3.8, 4) is 0 Å². The molecular formula is C14H16O3S. The van der Waals surface area contributed by atoms with Gasteiger partial charge < -0.3 is 10.2 Å². The van der Waals surface area contributed by atoms with Crippen LogP contribution in [0.3, 0.4) is 0 Å². The highest BCUT2D eigenvalue weighted by Crippen LogP contribution is 2.38. The predicted molar refractivity (Wildman–Crippen MR) is 73.3 cm³/mol. The minimum atomic E-state index is -1.09. The Bertz CT molecular complexity index is 450. The fourth-order valence-corrected chi connectivity index (χ4v) is 2.98. The highest BCUT2D eigenvalue weighted by Gasteiger charge is 2.29. The normalized spacial score (nSPS) is 17.6. The van der Waals surface area contributed by atoms with Gasteiger partial charge in [-0.25, -0.2) is 0 Å². The van der Waals surface area contributed by atoms with Crippen LogP contribution in [0.4, 0.5) is 0 Å². The van der Waals surface area contributed by atoms with E-state index in [0.29, 0.717) is 11.5 Å². The standard InChI is InChI=1S/C14H16O3S/c15-13(16)12(14(17)18)11-8-4-3-7-10(11)9-5-1-2-6-9/h3-4,7-9,12H,1-2,5-6H2,(H,15,16)(H,17,18). The van der Waals surface area contributed by atoms with Crippen molar-refractivity contribution < 1.29 is 15.0 Å². The molecule has 4 heteroatoms. The summed E-state index contributed by atoms with van der Waals surface area (Å²) in [6, 6.07) is 7.42. The van der Waals surface area contributed by atoms with Gasteiger partial charge in [-0.3, -0.25) is 4.79 Å². The number of benzene rings is 1. The van der Waals surface area contributed by atoms with E-state index in [1.165, 1.54) is 12.8 Å². The average molecular weight is 264 g/mol. The highest BCUT2D eigenvalue weighted by molar-refractivity contribution is 7.80. The molecular weight excluding hydrogens is 248 g/mol. The Morgan fingerprint density at radius 2 is 1.83 bits per heavy atom. The van der Waals surface area contributed by atoms with Crippen LogP contribution in [-0.2, 0) is 4.79 Å². The number of carboxylic acid groups (broad SMARTS) is 1. The molecule has 2 N–H and O–H groups in total. The van der Waals surface area contributed by atoms with Crippen molar-refractivity contribution in [1.29, 1.82) is 0 Å². The second-order valence-electron chi connectivity index (χ2n) is 4.72. The third-order valence-corrected chi connectivity index (χ3v) is 3.83. The predicted octanol–water partition coefficient (Wildman–Crippen LogP) is 3.40. The Morgan fingerprint density at radius 1 is 1.22 bits per heavy atom. The van der Waals surface area contributed by atoms with E-state index in [1.807, 2.05) is 12.1 Å². The molecule has 3 nitrogen and oxygen atoms in total. The number of hydrogen-bond donors (Lipinski definition) is 2. The van der Waals surface area contributed by atoms with E-state index in [-0.39, 0.29) is 0 Å². The molecule has 0 aromatic heterocycles. The first-order valence-corrected chi connectivity index (χ1v) is 6.56. The summed E-state index contributed by atoms with van der Waals surface area (Å²) >= 11 is 4.68. The van der Waals surface area contributed by atoms with Crippen molar-refractivity contribution in [3.05, 3.63) is 35.4 Å². The van der Waals surface area contributed by atoms with Gasteiger partial charge in [-0.05, 0) is 42.1 Å². The molecule has 0 saturated heterocycles. The average Bonchev–Trinajstić information content (AvgIpc) is 2.82. The van der Waals surface area contributed by atoms with Crippen molar-refractivity contribution in [2.75, 3.05) is 0 Å². The molecule has 2 rings (SSSR count). The minimum absolute atomic E-state index is 0.400. The van der Waals surface area contributed by atoms with Gasteiger partial charge in [0.2, 0.25) is 0 Å². The van der Waals surface area contributed by atoms with Gasteiger partial charge in [0.15, 0.2) is 5.05 Å². The monoisotopic (exact) mass is 264 g/mol. The van der Waals surface area contributed by atoms with Gasteiger partial charge in [0, 0.05) is 0 Å². The second kappa shape index (κ2) is 5.48. The largest absolute Gasteiger partial charge is 0.501 e. The van der Waals surface area contributed by atoms with E-state index in [2.05, 4.69) is 12.2 Å². The first kappa shape index (κ1) is 13.0. The van der Waals surface area contributed by atoms with Crippen LogP contribution >= 0.6 is 12.2 Å². The molecule has 1 atom stereocenters. The van der Waals surface area contributed by atoms with Gasteiger partial charge >= 0.3 is 5.97 Å². The van der Waals surface area contributed by atoms with Gasteiger partial charge in [0.05, 0.1) is 0 Å². The summed E-state index contributed by atoms with van der Waals surface area (Å²) in [5.74, 6) is -1.78. The third-order valence-electron chi connectivity index (χ3n) is 3.60. The lowest BCUT2D eigenvalue weighted by molar-refractivity contribution is -0.137. The molecule has 0 heterocycles. The maximum Gasteiger partial charge on any atom is 0.319 e. The molecule has 18 heavy (non-hydrogen) atoms. The fraction of sp³-hybridized carbons (Fsp3) is 0.429. The van der Waals surface area contributed by atoms with E-state index in [1.54, 1.807) is 12.1 Å². The quantitative estimate of drug-likeness (QED) is 0.818. The molecule has 96 valence electrons.